The van der Waals surface area contributed by atoms with Crippen LogP contribution in [0.25, 0.3) is 0 Å². The van der Waals surface area contributed by atoms with E-state index in [0.717, 1.165) is 5.56 Å². The number of nitrogens with one attached hydrogen (secondary N) is 1. The summed E-state index contributed by atoms with van der Waals surface area (Å²) in [6, 6.07) is 7.06. The van der Waals surface area contributed by atoms with Gasteiger partial charge in [0.25, 0.3) is 0 Å². The van der Waals surface area contributed by atoms with Crippen molar-refractivity contribution in [2.45, 2.75) is 6.92 Å². The minimum atomic E-state index is -0.370. The summed E-state index contributed by atoms with van der Waals surface area (Å²) < 4.78 is 0. The van der Waals surface area contributed by atoms with Crippen molar-refractivity contribution < 1.29 is 10.0 Å². The molecule has 0 heterocycles. The van der Waals surface area contributed by atoms with Gasteiger partial charge >= 0.3 is 5.91 Å². The maximum atomic E-state index is 10.8. The molecule has 0 spiro atoms. The standard InChI is InChI=1S/C8H9NO2/c1-6-2-4-7(5-3-6)8(10)9-11/h2-5,11H,1H3,(H,9,10)/p+1. The molecule has 3 heteroatoms. The zero-order valence-corrected chi connectivity index (χ0v) is 6.22. The lowest BCUT2D eigenvalue weighted by atomic mass is 10.1. The Balaban J connectivity index is 2.90. The molecule has 58 valence electrons. The highest BCUT2D eigenvalue weighted by Crippen LogP contribution is 2.01. The van der Waals surface area contributed by atoms with Crippen molar-refractivity contribution in [2.24, 2.45) is 0 Å². The van der Waals surface area contributed by atoms with Gasteiger partial charge in [0, 0.05) is 5.56 Å². The van der Waals surface area contributed by atoms with Crippen LogP contribution in [0.1, 0.15) is 15.9 Å². The summed E-state index contributed by atoms with van der Waals surface area (Å²) in [5.41, 5.74) is 3.43. The van der Waals surface area contributed by atoms with Crippen LogP contribution in [0.3, 0.4) is 0 Å². The van der Waals surface area contributed by atoms with Gasteiger partial charge in [0.1, 0.15) is 0 Å². The summed E-state index contributed by atoms with van der Waals surface area (Å²) >= 11 is 0. The second kappa shape index (κ2) is 3.16. The minimum Gasteiger partial charge on any atom is -0.310 e. The van der Waals surface area contributed by atoms with Gasteiger partial charge in [0.15, 0.2) is 0 Å². The van der Waals surface area contributed by atoms with Crippen molar-refractivity contribution in [1.82, 2.24) is 5.48 Å². The van der Waals surface area contributed by atoms with E-state index >= 15 is 0 Å². The van der Waals surface area contributed by atoms with Crippen molar-refractivity contribution in [3.8, 4) is 0 Å². The molecule has 3 N–H and O–H groups in total. The fourth-order valence-electron chi connectivity index (χ4n) is 0.777. The van der Waals surface area contributed by atoms with Gasteiger partial charge in [-0.3, -0.25) is 4.79 Å². The van der Waals surface area contributed by atoms with Crippen LogP contribution in [0.15, 0.2) is 24.3 Å². The molecule has 3 nitrogen and oxygen atoms in total. The SMILES string of the molecule is Cc1ccc(C(=O)N[OH2+])cc1. The molecule has 0 aromatic heterocycles. The molecular formula is C8H10NO2+. The third kappa shape index (κ3) is 1.78. The third-order valence-corrected chi connectivity index (χ3v) is 1.43. The number of carbonyl (C=O) groups excluding carboxylic acids is 1. The number of amides is 1. The summed E-state index contributed by atoms with van der Waals surface area (Å²) in [4.78, 5) is 10.8. The van der Waals surface area contributed by atoms with Crippen LogP contribution in [0.4, 0.5) is 0 Å². The van der Waals surface area contributed by atoms with E-state index in [1.54, 1.807) is 12.1 Å². The molecule has 1 rings (SSSR count). The molecule has 1 aromatic carbocycles. The number of hydrogen-bond donors (Lipinski definition) is 1. The van der Waals surface area contributed by atoms with E-state index in [9.17, 15) is 4.79 Å². The summed E-state index contributed by atoms with van der Waals surface area (Å²) in [7, 11) is 0. The van der Waals surface area contributed by atoms with Crippen LogP contribution in [-0.4, -0.2) is 11.1 Å². The molecule has 0 unspecified atom stereocenters. The van der Waals surface area contributed by atoms with Gasteiger partial charge in [-0.2, -0.15) is 0 Å². The van der Waals surface area contributed by atoms with E-state index < -0.39 is 0 Å². The second-order valence-electron chi connectivity index (χ2n) is 2.32. The molecule has 1 amide bonds. The van der Waals surface area contributed by atoms with Crippen molar-refractivity contribution in [3.05, 3.63) is 35.4 Å². The van der Waals surface area contributed by atoms with Crippen molar-refractivity contribution in [1.29, 1.82) is 0 Å². The van der Waals surface area contributed by atoms with Crippen LogP contribution in [-0.2, 0) is 0 Å². The van der Waals surface area contributed by atoms with Gasteiger partial charge in [-0.05, 0) is 19.1 Å². The van der Waals surface area contributed by atoms with Crippen LogP contribution in [0, 0.1) is 6.92 Å². The molecule has 0 saturated heterocycles. The predicted octanol–water partition coefficient (Wildman–Crippen LogP) is 0.364. The molecule has 0 saturated carbocycles. The number of hydrogen-bond acceptors (Lipinski definition) is 1. The second-order valence-corrected chi connectivity index (χ2v) is 2.32. The van der Waals surface area contributed by atoms with Gasteiger partial charge in [0.05, 0.1) is 0 Å². The van der Waals surface area contributed by atoms with Crippen molar-refractivity contribution in [3.63, 3.8) is 0 Å². The van der Waals surface area contributed by atoms with Gasteiger partial charge in [-0.25, -0.2) is 0 Å². The Hall–Kier alpha value is -1.35. The highest BCUT2D eigenvalue weighted by atomic mass is 16.5. The Morgan fingerprint density at radius 1 is 1.36 bits per heavy atom. The Kier molecular flexibility index (Phi) is 2.23. The number of rotatable bonds is 1. The summed E-state index contributed by atoms with van der Waals surface area (Å²) in [6.45, 7) is 1.95. The third-order valence-electron chi connectivity index (χ3n) is 1.43. The van der Waals surface area contributed by atoms with Crippen LogP contribution < -0.4 is 5.48 Å². The average molecular weight is 152 g/mol. The zero-order chi connectivity index (χ0) is 8.27. The Bertz CT molecular complexity index is 253. The normalized spacial score (nSPS) is 9.27. The molecule has 1 aromatic rings. The van der Waals surface area contributed by atoms with E-state index in [2.05, 4.69) is 0 Å². The smallest absolute Gasteiger partial charge is 0.310 e. The molecule has 0 fully saturated rings. The highest BCUT2D eigenvalue weighted by molar-refractivity contribution is 5.93. The van der Waals surface area contributed by atoms with E-state index in [4.69, 9.17) is 5.21 Å². The fourth-order valence-corrected chi connectivity index (χ4v) is 0.777. The first-order valence-electron chi connectivity index (χ1n) is 3.28. The monoisotopic (exact) mass is 152 g/mol. The molecule has 0 bridgehead atoms. The Morgan fingerprint density at radius 2 is 1.91 bits per heavy atom. The van der Waals surface area contributed by atoms with Crippen LogP contribution >= 0.6 is 0 Å². The largest absolute Gasteiger partial charge is 0.314 e. The zero-order valence-electron chi connectivity index (χ0n) is 6.22. The minimum absolute atomic E-state index is 0.370. The first-order chi connectivity index (χ1) is 5.24. The van der Waals surface area contributed by atoms with Crippen molar-refractivity contribution in [2.75, 3.05) is 0 Å². The lowest BCUT2D eigenvalue weighted by molar-refractivity contribution is 0.0706. The quantitative estimate of drug-likeness (QED) is 0.458. The predicted molar refractivity (Wildman–Crippen MR) is 42.3 cm³/mol. The molecule has 0 radical (unpaired) electrons. The van der Waals surface area contributed by atoms with E-state index in [-0.39, 0.29) is 5.91 Å². The highest BCUT2D eigenvalue weighted by Gasteiger charge is 2.03. The average Bonchev–Trinajstić information content (AvgIpc) is 2.05. The lowest BCUT2D eigenvalue weighted by Crippen LogP contribution is -2.18. The summed E-state index contributed by atoms with van der Waals surface area (Å²) in [5.74, 6) is -0.370. The van der Waals surface area contributed by atoms with Gasteiger partial charge in [-0.15, -0.1) is 5.48 Å². The maximum absolute atomic E-state index is 10.8. The Labute approximate surface area is 64.6 Å². The maximum Gasteiger partial charge on any atom is 0.314 e. The van der Waals surface area contributed by atoms with E-state index in [1.807, 2.05) is 24.5 Å². The number of carbonyl (C=O) groups is 1. The Morgan fingerprint density at radius 3 is 2.36 bits per heavy atom. The topological polar surface area (TPSA) is 52.0 Å². The fraction of sp³-hybridized carbons (Fsp3) is 0.125. The number of hydroxylamine groups is 1. The van der Waals surface area contributed by atoms with Gasteiger partial charge in [-0.1, -0.05) is 17.7 Å². The first-order valence-corrected chi connectivity index (χ1v) is 3.28. The van der Waals surface area contributed by atoms with Crippen LogP contribution in [0.5, 0.6) is 0 Å². The molecule has 11 heavy (non-hydrogen) atoms. The summed E-state index contributed by atoms with van der Waals surface area (Å²) in [6.07, 6.45) is 0. The summed E-state index contributed by atoms with van der Waals surface area (Å²) in [5, 5.41) is 6.60. The van der Waals surface area contributed by atoms with E-state index in [1.165, 1.54) is 0 Å². The molecule has 0 atom stereocenters. The first kappa shape index (κ1) is 7.75. The number of aryl methyl sites for hydroxylation is 1. The number of benzene rings is 1. The van der Waals surface area contributed by atoms with Gasteiger partial charge in [0.2, 0.25) is 0 Å². The van der Waals surface area contributed by atoms with Crippen molar-refractivity contribution >= 4 is 5.91 Å². The van der Waals surface area contributed by atoms with E-state index in [0.29, 0.717) is 5.56 Å². The molecule has 0 aliphatic rings. The molecule has 0 aliphatic carbocycles. The molecule has 0 aliphatic heterocycles. The lowest BCUT2D eigenvalue weighted by Gasteiger charge is -1.95. The van der Waals surface area contributed by atoms with Crippen LogP contribution in [0.2, 0.25) is 0 Å². The van der Waals surface area contributed by atoms with Gasteiger partial charge < -0.3 is 5.21 Å². The molecular weight excluding hydrogens is 142 g/mol.